The van der Waals surface area contributed by atoms with Gasteiger partial charge in [-0.05, 0) is 73.0 Å². The molecule has 1 saturated heterocycles. The van der Waals surface area contributed by atoms with E-state index in [0.717, 1.165) is 67.0 Å². The van der Waals surface area contributed by atoms with Crippen LogP contribution in [0.5, 0.6) is 0 Å². The van der Waals surface area contributed by atoms with Gasteiger partial charge in [-0.3, -0.25) is 14.6 Å². The van der Waals surface area contributed by atoms with Gasteiger partial charge in [0.2, 0.25) is 0 Å². The molecule has 0 spiro atoms. The normalized spacial score (nSPS) is 16.1. The van der Waals surface area contributed by atoms with Crippen molar-refractivity contribution in [2.75, 3.05) is 60.4 Å². The van der Waals surface area contributed by atoms with Crippen molar-refractivity contribution in [3.63, 3.8) is 0 Å². The molecule has 0 radical (unpaired) electrons. The first-order valence-electron chi connectivity index (χ1n) is 15.3. The summed E-state index contributed by atoms with van der Waals surface area (Å²) in [7, 11) is 6.68. The summed E-state index contributed by atoms with van der Waals surface area (Å²) >= 11 is 0. The van der Waals surface area contributed by atoms with E-state index in [0.29, 0.717) is 23.7 Å². The first-order chi connectivity index (χ1) is 20.1. The molecule has 1 amide bonds. The van der Waals surface area contributed by atoms with Gasteiger partial charge < -0.3 is 15.1 Å². The SMILES string of the molecule is CCC[N+](C)(C)CCN(C)Cc1cccc(C(=O)NCc2ccc(F)c(-c3cccc(CN4CCNC(C)C4)c3)c2)c1. The van der Waals surface area contributed by atoms with E-state index in [4.69, 9.17) is 0 Å². The predicted octanol–water partition coefficient (Wildman–Crippen LogP) is 5.13. The molecule has 2 N–H and O–H groups in total. The van der Waals surface area contributed by atoms with Crippen LogP contribution in [0.15, 0.2) is 66.7 Å². The molecule has 1 aliphatic heterocycles. The Bertz CT molecular complexity index is 1330. The number of quaternary nitrogens is 1. The molecule has 3 aromatic rings. The predicted molar refractivity (Wildman–Crippen MR) is 171 cm³/mol. The molecule has 3 aromatic carbocycles. The Kier molecular flexibility index (Phi) is 11.3. The highest BCUT2D eigenvalue weighted by atomic mass is 19.1. The lowest BCUT2D eigenvalue weighted by molar-refractivity contribution is -0.889. The van der Waals surface area contributed by atoms with E-state index in [1.54, 1.807) is 6.07 Å². The van der Waals surface area contributed by atoms with E-state index in [-0.39, 0.29) is 11.7 Å². The molecule has 42 heavy (non-hydrogen) atoms. The van der Waals surface area contributed by atoms with Gasteiger partial charge in [0.25, 0.3) is 5.91 Å². The zero-order chi connectivity index (χ0) is 30.1. The van der Waals surface area contributed by atoms with Crippen LogP contribution in [0.1, 0.15) is 47.3 Å². The number of nitrogens with zero attached hydrogens (tertiary/aromatic N) is 3. The highest BCUT2D eigenvalue weighted by Crippen LogP contribution is 2.26. The van der Waals surface area contributed by atoms with Crippen LogP contribution >= 0.6 is 0 Å². The van der Waals surface area contributed by atoms with E-state index < -0.39 is 0 Å². The third kappa shape index (κ3) is 9.46. The summed E-state index contributed by atoms with van der Waals surface area (Å²) in [5, 5.41) is 6.51. The number of hydrogen-bond donors (Lipinski definition) is 2. The van der Waals surface area contributed by atoms with Gasteiger partial charge in [-0.25, -0.2) is 4.39 Å². The van der Waals surface area contributed by atoms with Crippen molar-refractivity contribution in [2.24, 2.45) is 0 Å². The molecule has 1 atom stereocenters. The topological polar surface area (TPSA) is 47.6 Å². The molecule has 1 fully saturated rings. The summed E-state index contributed by atoms with van der Waals surface area (Å²) in [5.74, 6) is -0.384. The average molecular weight is 575 g/mol. The van der Waals surface area contributed by atoms with Crippen LogP contribution in [-0.4, -0.2) is 86.6 Å². The molecule has 6 nitrogen and oxygen atoms in total. The summed E-state index contributed by atoms with van der Waals surface area (Å²) in [6.07, 6.45) is 1.18. The van der Waals surface area contributed by atoms with Crippen molar-refractivity contribution in [3.05, 3.63) is 94.8 Å². The Morgan fingerprint density at radius 3 is 2.62 bits per heavy atom. The highest BCUT2D eigenvalue weighted by molar-refractivity contribution is 5.94. The van der Waals surface area contributed by atoms with Crippen LogP contribution < -0.4 is 10.6 Å². The Labute approximate surface area is 252 Å². The van der Waals surface area contributed by atoms with Crippen LogP contribution in [0.25, 0.3) is 11.1 Å². The third-order valence-electron chi connectivity index (χ3n) is 8.14. The molecule has 226 valence electrons. The Morgan fingerprint density at radius 2 is 1.83 bits per heavy atom. The van der Waals surface area contributed by atoms with Gasteiger partial charge in [-0.15, -0.1) is 0 Å². The molecular formula is C35H49FN5O+. The molecule has 0 bridgehead atoms. The number of nitrogens with one attached hydrogen (secondary N) is 2. The summed E-state index contributed by atoms with van der Waals surface area (Å²) in [6.45, 7) is 12.7. The maximum atomic E-state index is 15.0. The molecular weight excluding hydrogens is 525 g/mol. The smallest absolute Gasteiger partial charge is 0.251 e. The zero-order valence-corrected chi connectivity index (χ0v) is 26.1. The number of hydrogen-bond acceptors (Lipinski definition) is 4. The minimum atomic E-state index is -0.258. The van der Waals surface area contributed by atoms with Gasteiger partial charge >= 0.3 is 0 Å². The lowest BCUT2D eigenvalue weighted by Crippen LogP contribution is -2.48. The van der Waals surface area contributed by atoms with E-state index >= 15 is 0 Å². The first kappa shape index (κ1) is 31.8. The van der Waals surface area contributed by atoms with Gasteiger partial charge in [0, 0.05) is 63.0 Å². The Hall–Kier alpha value is -3.10. The number of likely N-dealkylation sites (N-methyl/N-ethyl adjacent to an activating group) is 2. The van der Waals surface area contributed by atoms with Crippen LogP contribution in [-0.2, 0) is 19.6 Å². The molecule has 4 rings (SSSR count). The van der Waals surface area contributed by atoms with Gasteiger partial charge in [-0.2, -0.15) is 0 Å². The average Bonchev–Trinajstić information content (AvgIpc) is 2.96. The fourth-order valence-electron chi connectivity index (χ4n) is 5.80. The second-order valence-electron chi connectivity index (χ2n) is 12.6. The molecule has 1 unspecified atom stereocenters. The van der Waals surface area contributed by atoms with Gasteiger partial charge in [0.1, 0.15) is 5.82 Å². The Balaban J connectivity index is 1.36. The molecule has 0 saturated carbocycles. The molecule has 7 heteroatoms. The quantitative estimate of drug-likeness (QED) is 0.278. The van der Waals surface area contributed by atoms with Crippen LogP contribution in [0.2, 0.25) is 0 Å². The Morgan fingerprint density at radius 1 is 1.05 bits per heavy atom. The van der Waals surface area contributed by atoms with Gasteiger partial charge in [0.05, 0.1) is 27.2 Å². The minimum absolute atomic E-state index is 0.127. The van der Waals surface area contributed by atoms with E-state index in [1.807, 2.05) is 36.4 Å². The fourth-order valence-corrected chi connectivity index (χ4v) is 5.80. The number of benzene rings is 3. The maximum absolute atomic E-state index is 15.0. The standard InChI is InChI=1S/C35H48FN5O/c1-6-18-41(4,5)19-17-39(3)25-29-9-8-12-32(21-29)35(42)38-23-28-13-14-34(36)33(22-28)31-11-7-10-30(20-31)26-40-16-15-37-27(2)24-40/h7-14,20-22,27,37H,6,15-19,23-26H2,1-5H3/p+1. The van der Waals surface area contributed by atoms with Gasteiger partial charge in [-0.1, -0.05) is 43.3 Å². The summed E-state index contributed by atoms with van der Waals surface area (Å²) in [4.78, 5) is 17.8. The highest BCUT2D eigenvalue weighted by Gasteiger charge is 2.17. The van der Waals surface area contributed by atoms with Crippen LogP contribution in [0.3, 0.4) is 0 Å². The van der Waals surface area contributed by atoms with E-state index in [2.05, 4.69) is 73.6 Å². The summed E-state index contributed by atoms with van der Waals surface area (Å²) < 4.78 is 16.0. The molecule has 1 heterocycles. The number of carbonyl (C=O) groups excluding carboxylic acids is 1. The van der Waals surface area contributed by atoms with Crippen molar-refractivity contribution < 1.29 is 13.7 Å². The van der Waals surface area contributed by atoms with Crippen molar-refractivity contribution in [2.45, 2.75) is 45.9 Å². The molecule has 1 aliphatic rings. The number of piperazine rings is 1. The zero-order valence-electron chi connectivity index (χ0n) is 26.1. The van der Waals surface area contributed by atoms with Crippen LogP contribution in [0, 0.1) is 5.82 Å². The van der Waals surface area contributed by atoms with Crippen molar-refractivity contribution in [1.82, 2.24) is 20.4 Å². The van der Waals surface area contributed by atoms with Crippen LogP contribution in [0.4, 0.5) is 4.39 Å². The lowest BCUT2D eigenvalue weighted by atomic mass is 10.00. The fraction of sp³-hybridized carbons (Fsp3) is 0.457. The first-order valence-corrected chi connectivity index (χ1v) is 15.3. The lowest BCUT2D eigenvalue weighted by Gasteiger charge is -2.31. The maximum Gasteiger partial charge on any atom is 0.251 e. The monoisotopic (exact) mass is 574 g/mol. The van der Waals surface area contributed by atoms with Crippen molar-refractivity contribution >= 4 is 5.91 Å². The van der Waals surface area contributed by atoms with Crippen molar-refractivity contribution in [1.29, 1.82) is 0 Å². The largest absolute Gasteiger partial charge is 0.348 e. The summed E-state index contributed by atoms with van der Waals surface area (Å²) in [5.41, 5.74) is 5.21. The number of halogens is 1. The number of rotatable bonds is 13. The number of carbonyl (C=O) groups is 1. The third-order valence-corrected chi connectivity index (χ3v) is 8.14. The van der Waals surface area contributed by atoms with E-state index in [1.165, 1.54) is 24.6 Å². The summed E-state index contributed by atoms with van der Waals surface area (Å²) in [6, 6.07) is 21.6. The van der Waals surface area contributed by atoms with Crippen molar-refractivity contribution in [3.8, 4) is 11.1 Å². The van der Waals surface area contributed by atoms with E-state index in [9.17, 15) is 9.18 Å². The minimum Gasteiger partial charge on any atom is -0.348 e. The molecule has 0 aromatic heterocycles. The second kappa shape index (κ2) is 14.9. The van der Waals surface area contributed by atoms with Gasteiger partial charge in [0.15, 0.2) is 0 Å². The number of amides is 1. The second-order valence-corrected chi connectivity index (χ2v) is 12.6. The molecule has 0 aliphatic carbocycles.